The van der Waals surface area contributed by atoms with E-state index in [1.807, 2.05) is 30.5 Å². The van der Waals surface area contributed by atoms with Crippen LogP contribution in [0.5, 0.6) is 0 Å². The highest BCUT2D eigenvalue weighted by Gasteiger charge is 2.22. The van der Waals surface area contributed by atoms with Gasteiger partial charge in [-0.15, -0.1) is 0 Å². The maximum atomic E-state index is 6.13. The molecular formula is C29H31ClN4. The van der Waals surface area contributed by atoms with Crippen molar-refractivity contribution in [3.63, 3.8) is 0 Å². The third-order valence-electron chi connectivity index (χ3n) is 6.92. The second-order valence-electron chi connectivity index (χ2n) is 8.99. The van der Waals surface area contributed by atoms with Crippen LogP contribution in [0.25, 0.3) is 10.9 Å². The van der Waals surface area contributed by atoms with E-state index in [1.54, 1.807) is 0 Å². The molecule has 1 saturated heterocycles. The molecule has 0 radical (unpaired) electrons. The summed E-state index contributed by atoms with van der Waals surface area (Å²) < 4.78 is 0. The molecule has 5 rings (SSSR count). The molecule has 1 aliphatic rings. The fourth-order valence-corrected chi connectivity index (χ4v) is 4.95. The predicted molar refractivity (Wildman–Crippen MR) is 144 cm³/mol. The zero-order chi connectivity index (χ0) is 23.5. The van der Waals surface area contributed by atoms with E-state index < -0.39 is 0 Å². The lowest BCUT2D eigenvalue weighted by atomic mass is 10.0. The molecule has 1 aliphatic heterocycles. The van der Waals surface area contributed by atoms with Gasteiger partial charge in [0.05, 0.1) is 5.52 Å². The number of hydrogen-bond donors (Lipinski definition) is 1. The molecule has 5 heteroatoms. The Hall–Kier alpha value is -3.08. The van der Waals surface area contributed by atoms with E-state index in [-0.39, 0.29) is 0 Å². The van der Waals surface area contributed by atoms with Gasteiger partial charge in [-0.25, -0.2) is 0 Å². The number of hydrogen-bond acceptors (Lipinski definition) is 4. The minimum Gasteiger partial charge on any atom is -0.369 e. The second-order valence-corrected chi connectivity index (χ2v) is 9.43. The summed E-state index contributed by atoms with van der Waals surface area (Å²) >= 11 is 6.13. The Morgan fingerprint density at radius 1 is 0.941 bits per heavy atom. The van der Waals surface area contributed by atoms with Crippen molar-refractivity contribution >= 4 is 39.6 Å². The summed E-state index contributed by atoms with van der Waals surface area (Å²) in [5.41, 5.74) is 7.10. The van der Waals surface area contributed by atoms with Crippen LogP contribution in [0, 0.1) is 0 Å². The highest BCUT2D eigenvalue weighted by molar-refractivity contribution is 6.31. The number of aromatic nitrogens is 1. The predicted octanol–water partition coefficient (Wildman–Crippen LogP) is 7.08. The van der Waals surface area contributed by atoms with Gasteiger partial charge in [0.1, 0.15) is 0 Å². The van der Waals surface area contributed by atoms with Crippen LogP contribution < -0.4 is 10.2 Å². The zero-order valence-electron chi connectivity index (χ0n) is 19.8. The van der Waals surface area contributed by atoms with Gasteiger partial charge in [-0.3, -0.25) is 9.88 Å². The van der Waals surface area contributed by atoms with Crippen molar-refractivity contribution in [3.8, 4) is 0 Å². The van der Waals surface area contributed by atoms with Gasteiger partial charge in [0.2, 0.25) is 0 Å². The number of fused-ring (bicyclic) bond motifs is 1. The van der Waals surface area contributed by atoms with Crippen molar-refractivity contribution in [1.29, 1.82) is 0 Å². The third-order valence-corrected chi connectivity index (χ3v) is 7.16. The van der Waals surface area contributed by atoms with Crippen molar-refractivity contribution in [1.82, 2.24) is 9.88 Å². The zero-order valence-corrected chi connectivity index (χ0v) is 20.6. The lowest BCUT2D eigenvalue weighted by Gasteiger charge is -2.39. The lowest BCUT2D eigenvalue weighted by molar-refractivity contribution is 0.198. The third kappa shape index (κ3) is 4.89. The fraction of sp³-hybridized carbons (Fsp3) is 0.276. The van der Waals surface area contributed by atoms with Crippen molar-refractivity contribution in [2.75, 3.05) is 36.4 Å². The smallest absolute Gasteiger partial charge is 0.0737 e. The number of piperazine rings is 1. The van der Waals surface area contributed by atoms with Gasteiger partial charge in [0, 0.05) is 65.9 Å². The van der Waals surface area contributed by atoms with Gasteiger partial charge in [0.25, 0.3) is 0 Å². The lowest BCUT2D eigenvalue weighted by Crippen LogP contribution is -2.47. The summed E-state index contributed by atoms with van der Waals surface area (Å²) in [6.07, 6.45) is 2.90. The van der Waals surface area contributed by atoms with Crippen molar-refractivity contribution in [2.45, 2.75) is 26.3 Å². The van der Waals surface area contributed by atoms with Gasteiger partial charge < -0.3 is 10.2 Å². The van der Waals surface area contributed by atoms with Crippen LogP contribution in [0.1, 0.15) is 31.0 Å². The average Bonchev–Trinajstić information content (AvgIpc) is 2.89. The van der Waals surface area contributed by atoms with Gasteiger partial charge in [-0.2, -0.15) is 0 Å². The number of pyridine rings is 1. The van der Waals surface area contributed by atoms with Crippen molar-refractivity contribution in [2.24, 2.45) is 0 Å². The van der Waals surface area contributed by atoms with E-state index in [1.165, 1.54) is 16.8 Å². The second kappa shape index (κ2) is 10.0. The monoisotopic (exact) mass is 470 g/mol. The average molecular weight is 471 g/mol. The Balaban J connectivity index is 1.23. The summed E-state index contributed by atoms with van der Waals surface area (Å²) in [5, 5.41) is 5.30. The first-order chi connectivity index (χ1) is 16.6. The number of anilines is 3. The highest BCUT2D eigenvalue weighted by Crippen LogP contribution is 2.29. The highest BCUT2D eigenvalue weighted by atomic mass is 35.5. The Labute approximate surface area is 207 Å². The number of rotatable bonds is 6. The van der Waals surface area contributed by atoms with Gasteiger partial charge in [-0.05, 0) is 73.0 Å². The molecule has 3 aromatic carbocycles. The maximum absolute atomic E-state index is 6.13. The minimum atomic E-state index is 0.391. The Kier molecular flexibility index (Phi) is 6.70. The van der Waals surface area contributed by atoms with Gasteiger partial charge >= 0.3 is 0 Å². The van der Waals surface area contributed by atoms with Crippen LogP contribution >= 0.6 is 11.6 Å². The molecule has 0 spiro atoms. The molecule has 1 N–H and O–H groups in total. The van der Waals surface area contributed by atoms with Crippen LogP contribution in [0.4, 0.5) is 17.1 Å². The summed E-state index contributed by atoms with van der Waals surface area (Å²) in [5.74, 6) is 0. The first kappa shape index (κ1) is 22.7. The van der Waals surface area contributed by atoms with E-state index >= 15 is 0 Å². The van der Waals surface area contributed by atoms with Gasteiger partial charge in [0.15, 0.2) is 0 Å². The van der Waals surface area contributed by atoms with Crippen molar-refractivity contribution in [3.05, 3.63) is 95.1 Å². The SMILES string of the molecule is CCc1cccc(N2CCN(C(C)c3ccc(Nc4ccnc5cc(Cl)ccc45)cc3)CC2)c1. The quantitative estimate of drug-likeness (QED) is 0.326. The van der Waals surface area contributed by atoms with E-state index in [0.717, 1.165) is 54.9 Å². The van der Waals surface area contributed by atoms with Crippen LogP contribution in [-0.2, 0) is 6.42 Å². The van der Waals surface area contributed by atoms with Crippen LogP contribution in [0.15, 0.2) is 79.0 Å². The minimum absolute atomic E-state index is 0.391. The first-order valence-corrected chi connectivity index (χ1v) is 12.5. The molecular weight excluding hydrogens is 440 g/mol. The molecule has 1 unspecified atom stereocenters. The topological polar surface area (TPSA) is 31.4 Å². The number of halogens is 1. The van der Waals surface area contributed by atoms with Gasteiger partial charge in [-0.1, -0.05) is 42.8 Å². The Bertz CT molecular complexity index is 1260. The molecule has 4 nitrogen and oxygen atoms in total. The van der Waals surface area contributed by atoms with Crippen LogP contribution in [0.2, 0.25) is 5.02 Å². The summed E-state index contributed by atoms with van der Waals surface area (Å²) in [6, 6.07) is 26.0. The Morgan fingerprint density at radius 2 is 1.74 bits per heavy atom. The maximum Gasteiger partial charge on any atom is 0.0737 e. The molecule has 1 aromatic heterocycles. The number of benzene rings is 3. The molecule has 34 heavy (non-hydrogen) atoms. The van der Waals surface area contributed by atoms with E-state index in [0.29, 0.717) is 11.1 Å². The number of aryl methyl sites for hydroxylation is 1. The molecule has 0 aliphatic carbocycles. The van der Waals surface area contributed by atoms with Crippen molar-refractivity contribution < 1.29 is 0 Å². The molecule has 0 saturated carbocycles. The van der Waals surface area contributed by atoms with E-state index in [9.17, 15) is 0 Å². The molecule has 2 heterocycles. The van der Waals surface area contributed by atoms with Crippen LogP contribution in [-0.4, -0.2) is 36.1 Å². The molecule has 174 valence electrons. The van der Waals surface area contributed by atoms with Crippen LogP contribution in [0.3, 0.4) is 0 Å². The van der Waals surface area contributed by atoms with E-state index in [2.05, 4.69) is 82.5 Å². The number of nitrogens with zero attached hydrogens (tertiary/aromatic N) is 3. The number of nitrogens with one attached hydrogen (secondary N) is 1. The summed E-state index contributed by atoms with van der Waals surface area (Å²) in [4.78, 5) is 9.53. The summed E-state index contributed by atoms with van der Waals surface area (Å²) in [7, 11) is 0. The Morgan fingerprint density at radius 3 is 2.50 bits per heavy atom. The normalized spacial score (nSPS) is 15.4. The largest absolute Gasteiger partial charge is 0.369 e. The molecule has 0 bridgehead atoms. The van der Waals surface area contributed by atoms with E-state index in [4.69, 9.17) is 11.6 Å². The standard InChI is InChI=1S/C29H31ClN4/c1-3-22-5-4-6-26(19-22)34-17-15-33(16-18-34)21(2)23-7-10-25(11-8-23)32-28-13-14-31-29-20-24(30)9-12-27(28)29/h4-14,19-21H,3,15-18H2,1-2H3,(H,31,32). The first-order valence-electron chi connectivity index (χ1n) is 12.1. The fourth-order valence-electron chi connectivity index (χ4n) is 4.78. The molecule has 1 atom stereocenters. The molecule has 0 amide bonds. The molecule has 1 fully saturated rings. The summed E-state index contributed by atoms with van der Waals surface area (Å²) in [6.45, 7) is 8.81. The molecule has 4 aromatic rings.